The molecule has 3 heterocycles. The quantitative estimate of drug-likeness (QED) is 0.909. The Balaban J connectivity index is 1.70. The second kappa shape index (κ2) is 5.65. The smallest absolute Gasteiger partial charge is 0.152 e. The van der Waals surface area contributed by atoms with Gasteiger partial charge in [-0.2, -0.15) is 5.10 Å². The molecule has 3 rings (SSSR count). The first-order chi connectivity index (χ1) is 10.1. The molecule has 6 nitrogen and oxygen atoms in total. The average Bonchev–Trinajstić information content (AvgIpc) is 3.15. The van der Waals surface area contributed by atoms with E-state index in [2.05, 4.69) is 15.1 Å². The van der Waals surface area contributed by atoms with E-state index in [1.54, 1.807) is 6.20 Å². The van der Waals surface area contributed by atoms with Gasteiger partial charge in [0.15, 0.2) is 15.6 Å². The minimum atomic E-state index is -2.86. The summed E-state index contributed by atoms with van der Waals surface area (Å²) in [5.41, 5.74) is 0.841. The standard InChI is InChI=1S/C14H19N3O3S/c1-2-17(11-6-8-21(18,19)10-11)9-12-3-4-14(20-12)13-5-7-15-16-13/h3-5,7,11H,2,6,8-10H2,1H3,(H,15,16)/t11-/m1/s1. The maximum absolute atomic E-state index is 11.6. The number of hydrogen-bond donors (Lipinski definition) is 1. The Bertz CT molecular complexity index is 691. The Hall–Kier alpha value is -1.60. The number of aromatic amines is 1. The van der Waals surface area contributed by atoms with Crippen LogP contribution in [0.2, 0.25) is 0 Å². The van der Waals surface area contributed by atoms with Crippen molar-refractivity contribution in [2.45, 2.75) is 25.9 Å². The van der Waals surface area contributed by atoms with Crippen molar-refractivity contribution in [1.29, 1.82) is 0 Å². The zero-order chi connectivity index (χ0) is 14.9. The topological polar surface area (TPSA) is 79.2 Å². The lowest BCUT2D eigenvalue weighted by molar-refractivity contribution is 0.199. The van der Waals surface area contributed by atoms with E-state index in [-0.39, 0.29) is 11.8 Å². The van der Waals surface area contributed by atoms with E-state index in [1.807, 2.05) is 25.1 Å². The van der Waals surface area contributed by atoms with Crippen LogP contribution in [0.25, 0.3) is 11.5 Å². The van der Waals surface area contributed by atoms with Crippen molar-refractivity contribution in [2.75, 3.05) is 18.1 Å². The highest BCUT2D eigenvalue weighted by molar-refractivity contribution is 7.91. The van der Waals surface area contributed by atoms with Gasteiger partial charge in [-0.3, -0.25) is 10.00 Å². The molecule has 1 aliphatic rings. The molecule has 0 spiro atoms. The van der Waals surface area contributed by atoms with E-state index in [4.69, 9.17) is 4.42 Å². The first kappa shape index (κ1) is 14.3. The Morgan fingerprint density at radius 2 is 2.29 bits per heavy atom. The first-order valence-electron chi connectivity index (χ1n) is 7.10. The largest absolute Gasteiger partial charge is 0.458 e. The third-order valence-electron chi connectivity index (χ3n) is 3.92. The fourth-order valence-electron chi connectivity index (χ4n) is 2.76. The van der Waals surface area contributed by atoms with Crippen LogP contribution in [0.3, 0.4) is 0 Å². The van der Waals surface area contributed by atoms with Crippen molar-refractivity contribution in [2.24, 2.45) is 0 Å². The van der Waals surface area contributed by atoms with Gasteiger partial charge in [0.1, 0.15) is 11.5 Å². The monoisotopic (exact) mass is 309 g/mol. The Kier molecular flexibility index (Phi) is 3.86. The second-order valence-corrected chi connectivity index (χ2v) is 7.58. The van der Waals surface area contributed by atoms with Gasteiger partial charge in [-0.1, -0.05) is 6.92 Å². The number of sulfone groups is 1. The number of hydrogen-bond acceptors (Lipinski definition) is 5. The van der Waals surface area contributed by atoms with Crippen molar-refractivity contribution in [1.82, 2.24) is 15.1 Å². The molecule has 0 amide bonds. The molecular formula is C14H19N3O3S. The summed E-state index contributed by atoms with van der Waals surface area (Å²) in [7, 11) is -2.86. The van der Waals surface area contributed by atoms with E-state index in [1.165, 1.54) is 0 Å². The highest BCUT2D eigenvalue weighted by Crippen LogP contribution is 2.23. The number of nitrogens with one attached hydrogen (secondary N) is 1. The minimum Gasteiger partial charge on any atom is -0.458 e. The van der Waals surface area contributed by atoms with E-state index >= 15 is 0 Å². The Morgan fingerprint density at radius 1 is 1.43 bits per heavy atom. The van der Waals surface area contributed by atoms with Gasteiger partial charge in [-0.15, -0.1) is 0 Å². The molecule has 114 valence electrons. The third kappa shape index (κ3) is 3.19. The SMILES string of the molecule is CCN(Cc1ccc(-c2ccn[nH]2)o1)[C@@H]1CCS(=O)(=O)C1. The van der Waals surface area contributed by atoms with Crippen LogP contribution >= 0.6 is 0 Å². The highest BCUT2D eigenvalue weighted by atomic mass is 32.2. The molecule has 2 aromatic heterocycles. The van der Waals surface area contributed by atoms with Crippen LogP contribution in [0.15, 0.2) is 28.8 Å². The normalized spacial score (nSPS) is 21.1. The molecule has 0 radical (unpaired) electrons. The molecule has 0 aromatic carbocycles. The van der Waals surface area contributed by atoms with Gasteiger partial charge in [0.25, 0.3) is 0 Å². The lowest BCUT2D eigenvalue weighted by Crippen LogP contribution is -2.35. The van der Waals surface area contributed by atoms with Gasteiger partial charge < -0.3 is 4.42 Å². The maximum atomic E-state index is 11.6. The fraction of sp³-hybridized carbons (Fsp3) is 0.500. The number of H-pyrrole nitrogens is 1. The molecule has 0 bridgehead atoms. The molecule has 1 aliphatic heterocycles. The summed E-state index contributed by atoms with van der Waals surface area (Å²) in [6, 6.07) is 5.79. The summed E-state index contributed by atoms with van der Waals surface area (Å²) in [5, 5.41) is 6.77. The third-order valence-corrected chi connectivity index (χ3v) is 5.67. The van der Waals surface area contributed by atoms with Crippen molar-refractivity contribution >= 4 is 9.84 Å². The predicted octanol–water partition coefficient (Wildman–Crippen LogP) is 1.68. The molecule has 1 saturated heterocycles. The summed E-state index contributed by atoms with van der Waals surface area (Å²) >= 11 is 0. The lowest BCUT2D eigenvalue weighted by atomic mass is 10.2. The summed E-state index contributed by atoms with van der Waals surface area (Å²) < 4.78 is 29.0. The Labute approximate surface area is 124 Å². The number of rotatable bonds is 5. The van der Waals surface area contributed by atoms with Crippen molar-refractivity contribution in [3.05, 3.63) is 30.2 Å². The summed E-state index contributed by atoms with van der Waals surface area (Å²) in [4.78, 5) is 2.17. The maximum Gasteiger partial charge on any atom is 0.152 e. The van der Waals surface area contributed by atoms with Gasteiger partial charge in [0.2, 0.25) is 0 Å². The summed E-state index contributed by atoms with van der Waals surface area (Å²) in [6.07, 6.45) is 2.39. The van der Waals surface area contributed by atoms with Crippen LogP contribution in [-0.4, -0.2) is 47.6 Å². The highest BCUT2D eigenvalue weighted by Gasteiger charge is 2.31. The van der Waals surface area contributed by atoms with Crippen molar-refractivity contribution in [3.8, 4) is 11.5 Å². The van der Waals surface area contributed by atoms with Crippen LogP contribution in [0.4, 0.5) is 0 Å². The molecular weight excluding hydrogens is 290 g/mol. The van der Waals surface area contributed by atoms with Gasteiger partial charge in [-0.05, 0) is 31.2 Å². The predicted molar refractivity (Wildman–Crippen MR) is 79.4 cm³/mol. The number of nitrogens with zero attached hydrogens (tertiary/aromatic N) is 2. The van der Waals surface area contributed by atoms with Crippen LogP contribution < -0.4 is 0 Å². The van der Waals surface area contributed by atoms with Gasteiger partial charge >= 0.3 is 0 Å². The van der Waals surface area contributed by atoms with E-state index in [0.717, 1.165) is 23.8 Å². The van der Waals surface area contributed by atoms with E-state index in [0.29, 0.717) is 18.7 Å². The molecule has 0 aliphatic carbocycles. The van der Waals surface area contributed by atoms with Crippen molar-refractivity contribution < 1.29 is 12.8 Å². The molecule has 1 atom stereocenters. The Morgan fingerprint density at radius 3 is 2.90 bits per heavy atom. The molecule has 7 heteroatoms. The van der Waals surface area contributed by atoms with E-state index in [9.17, 15) is 8.42 Å². The molecule has 0 saturated carbocycles. The molecule has 1 N–H and O–H groups in total. The van der Waals surface area contributed by atoms with Crippen LogP contribution in [0, 0.1) is 0 Å². The number of furan rings is 1. The van der Waals surface area contributed by atoms with Crippen LogP contribution in [0.1, 0.15) is 19.1 Å². The second-order valence-electron chi connectivity index (χ2n) is 5.36. The van der Waals surface area contributed by atoms with Crippen LogP contribution in [0.5, 0.6) is 0 Å². The molecule has 0 unspecified atom stereocenters. The van der Waals surface area contributed by atoms with Gasteiger partial charge in [-0.25, -0.2) is 8.42 Å². The lowest BCUT2D eigenvalue weighted by Gasteiger charge is -2.25. The van der Waals surface area contributed by atoms with Gasteiger partial charge in [0, 0.05) is 12.2 Å². The number of aromatic nitrogens is 2. The zero-order valence-corrected chi connectivity index (χ0v) is 12.8. The fourth-order valence-corrected chi connectivity index (χ4v) is 4.52. The van der Waals surface area contributed by atoms with Crippen LogP contribution in [-0.2, 0) is 16.4 Å². The summed E-state index contributed by atoms with van der Waals surface area (Å²) in [5.74, 6) is 2.14. The van der Waals surface area contributed by atoms with Crippen molar-refractivity contribution in [3.63, 3.8) is 0 Å². The molecule has 2 aromatic rings. The first-order valence-corrected chi connectivity index (χ1v) is 8.92. The minimum absolute atomic E-state index is 0.0979. The van der Waals surface area contributed by atoms with E-state index < -0.39 is 9.84 Å². The zero-order valence-electron chi connectivity index (χ0n) is 11.9. The van der Waals surface area contributed by atoms with Gasteiger partial charge in [0.05, 0.1) is 18.1 Å². The average molecular weight is 309 g/mol. The summed E-state index contributed by atoms with van der Waals surface area (Å²) in [6.45, 7) is 3.48. The molecule has 21 heavy (non-hydrogen) atoms. The molecule has 1 fully saturated rings.